The molecule has 6 nitrogen and oxygen atoms in total. The molecule has 0 saturated carbocycles. The second-order valence-electron chi connectivity index (χ2n) is 8.42. The van der Waals surface area contributed by atoms with Gasteiger partial charge in [0, 0.05) is 23.4 Å². The lowest BCUT2D eigenvalue weighted by Crippen LogP contribution is -2.36. The van der Waals surface area contributed by atoms with Gasteiger partial charge in [-0.25, -0.2) is 9.07 Å². The molecule has 0 bridgehead atoms. The van der Waals surface area contributed by atoms with Gasteiger partial charge in [0.05, 0.1) is 6.26 Å². The maximum Gasteiger partial charge on any atom is 0.227 e. The van der Waals surface area contributed by atoms with Crippen molar-refractivity contribution < 1.29 is 13.6 Å². The first-order chi connectivity index (χ1) is 14.4. The van der Waals surface area contributed by atoms with Crippen LogP contribution in [0.25, 0.3) is 0 Å². The smallest absolute Gasteiger partial charge is 0.227 e. The number of rotatable bonds is 4. The summed E-state index contributed by atoms with van der Waals surface area (Å²) in [5.41, 5.74) is 2.04. The molecule has 2 aliphatic rings. The summed E-state index contributed by atoms with van der Waals surface area (Å²) < 4.78 is 21.3. The Morgan fingerprint density at radius 3 is 2.87 bits per heavy atom. The summed E-state index contributed by atoms with van der Waals surface area (Å²) >= 11 is 1.36. The van der Waals surface area contributed by atoms with Crippen LogP contribution in [0.3, 0.4) is 0 Å². The first-order valence-electron chi connectivity index (χ1n) is 9.81. The Morgan fingerprint density at radius 2 is 2.10 bits per heavy atom. The van der Waals surface area contributed by atoms with Crippen molar-refractivity contribution in [3.63, 3.8) is 0 Å². The monoisotopic (exact) mass is 424 g/mol. The van der Waals surface area contributed by atoms with E-state index in [1.807, 2.05) is 12.1 Å². The molecule has 0 saturated heterocycles. The van der Waals surface area contributed by atoms with Crippen molar-refractivity contribution in [3.8, 4) is 0 Å². The number of thioether (sulfide) groups is 1. The molecule has 1 atom stereocenters. The quantitative estimate of drug-likeness (QED) is 0.597. The fourth-order valence-corrected chi connectivity index (χ4v) is 4.93. The molecule has 1 N–H and O–H groups in total. The van der Waals surface area contributed by atoms with Gasteiger partial charge in [0.25, 0.3) is 0 Å². The zero-order chi connectivity index (χ0) is 20.9. The SMILES string of the molecule is CC1(C)CC(=O)C2=C(C1)Nc1nc(SCc3ccccc3F)nn1C2c1ccco1. The minimum Gasteiger partial charge on any atom is -0.467 e. The number of ketones is 1. The number of furan rings is 1. The average molecular weight is 425 g/mol. The minimum atomic E-state index is -0.454. The zero-order valence-corrected chi connectivity index (χ0v) is 17.5. The summed E-state index contributed by atoms with van der Waals surface area (Å²) in [5.74, 6) is 1.48. The number of anilines is 1. The Kier molecular flexibility index (Phi) is 4.54. The summed E-state index contributed by atoms with van der Waals surface area (Å²) in [6.45, 7) is 4.18. The molecule has 0 fully saturated rings. The van der Waals surface area contributed by atoms with E-state index in [2.05, 4.69) is 29.2 Å². The lowest BCUT2D eigenvalue weighted by Gasteiger charge is -2.37. The van der Waals surface area contributed by atoms with E-state index in [1.165, 1.54) is 17.8 Å². The molecule has 0 spiro atoms. The highest BCUT2D eigenvalue weighted by Gasteiger charge is 2.42. The van der Waals surface area contributed by atoms with Gasteiger partial charge in [-0.05, 0) is 35.6 Å². The lowest BCUT2D eigenvalue weighted by atomic mass is 9.73. The summed E-state index contributed by atoms with van der Waals surface area (Å²) in [4.78, 5) is 17.7. The van der Waals surface area contributed by atoms with Crippen molar-refractivity contribution >= 4 is 23.5 Å². The molecule has 3 heterocycles. The number of Topliss-reactive ketones (excluding diaryl/α,β-unsaturated/α-hetero) is 1. The van der Waals surface area contributed by atoms with E-state index in [0.717, 1.165) is 12.1 Å². The number of nitrogens with one attached hydrogen (secondary N) is 1. The highest BCUT2D eigenvalue weighted by atomic mass is 32.2. The second kappa shape index (κ2) is 7.12. The van der Waals surface area contributed by atoms with E-state index in [1.54, 1.807) is 29.1 Å². The van der Waals surface area contributed by atoms with Crippen LogP contribution in [0.2, 0.25) is 0 Å². The fraction of sp³-hybridized carbons (Fsp3) is 0.318. The first kappa shape index (κ1) is 19.1. The topological polar surface area (TPSA) is 73.0 Å². The van der Waals surface area contributed by atoms with Crippen LogP contribution in [-0.2, 0) is 10.5 Å². The van der Waals surface area contributed by atoms with Crippen LogP contribution in [0.4, 0.5) is 10.3 Å². The summed E-state index contributed by atoms with van der Waals surface area (Å²) in [5, 5.41) is 8.48. The van der Waals surface area contributed by atoms with Gasteiger partial charge in [0.15, 0.2) is 5.78 Å². The van der Waals surface area contributed by atoms with Gasteiger partial charge in [0.2, 0.25) is 11.1 Å². The number of benzene rings is 1. The van der Waals surface area contributed by atoms with E-state index < -0.39 is 6.04 Å². The number of carbonyl (C=O) groups is 1. The molecule has 1 unspecified atom stereocenters. The first-order valence-corrected chi connectivity index (χ1v) is 10.8. The normalized spacial score (nSPS) is 20.0. The Morgan fingerprint density at radius 1 is 1.27 bits per heavy atom. The van der Waals surface area contributed by atoms with Gasteiger partial charge >= 0.3 is 0 Å². The zero-order valence-electron chi connectivity index (χ0n) is 16.7. The number of fused-ring (bicyclic) bond motifs is 1. The maximum absolute atomic E-state index is 14.0. The van der Waals surface area contributed by atoms with Gasteiger partial charge in [-0.3, -0.25) is 4.79 Å². The number of hydrogen-bond donors (Lipinski definition) is 1. The molecule has 1 aromatic carbocycles. The Hall–Kier alpha value is -2.87. The Balaban J connectivity index is 1.51. The van der Waals surface area contributed by atoms with E-state index in [4.69, 9.17) is 4.42 Å². The van der Waals surface area contributed by atoms with Crippen molar-refractivity contribution in [1.29, 1.82) is 0 Å². The van der Waals surface area contributed by atoms with Crippen molar-refractivity contribution in [1.82, 2.24) is 14.8 Å². The number of aromatic nitrogens is 3. The number of nitrogens with zero attached hydrogens (tertiary/aromatic N) is 3. The highest BCUT2D eigenvalue weighted by molar-refractivity contribution is 7.98. The second-order valence-corrected chi connectivity index (χ2v) is 9.36. The van der Waals surface area contributed by atoms with E-state index >= 15 is 0 Å². The number of allylic oxidation sites excluding steroid dienone is 2. The van der Waals surface area contributed by atoms with Crippen LogP contribution in [0.5, 0.6) is 0 Å². The molecule has 1 aliphatic carbocycles. The Labute approximate surface area is 177 Å². The van der Waals surface area contributed by atoms with Crippen LogP contribution in [-0.4, -0.2) is 20.5 Å². The van der Waals surface area contributed by atoms with Crippen LogP contribution >= 0.6 is 11.8 Å². The summed E-state index contributed by atoms with van der Waals surface area (Å²) in [7, 11) is 0. The van der Waals surface area contributed by atoms with Gasteiger partial charge in [-0.1, -0.05) is 43.8 Å². The highest BCUT2D eigenvalue weighted by Crippen LogP contribution is 2.45. The van der Waals surface area contributed by atoms with Crippen LogP contribution in [0.15, 0.2) is 63.5 Å². The molecule has 30 heavy (non-hydrogen) atoms. The van der Waals surface area contributed by atoms with E-state index in [0.29, 0.717) is 40.2 Å². The molecular weight excluding hydrogens is 403 g/mol. The van der Waals surface area contributed by atoms with Crippen LogP contribution in [0, 0.1) is 11.2 Å². The van der Waals surface area contributed by atoms with Crippen LogP contribution in [0.1, 0.15) is 44.1 Å². The Bertz CT molecular complexity index is 1150. The standard InChI is InChI=1S/C22H21FN4O2S/c1-22(2)10-15-18(16(28)11-22)19(17-8-5-9-29-17)27-20(24-15)25-21(26-27)30-12-13-6-3-4-7-14(13)23/h3-9,19H,10-12H2,1-2H3,(H,24,25,26). The van der Waals surface area contributed by atoms with Crippen molar-refractivity contribution in [2.75, 3.05) is 5.32 Å². The summed E-state index contributed by atoms with van der Waals surface area (Å²) in [6.07, 6.45) is 2.82. The molecular formula is C22H21FN4O2S. The van der Waals surface area contributed by atoms with Crippen molar-refractivity contribution in [2.24, 2.45) is 5.41 Å². The average Bonchev–Trinajstić information content (AvgIpc) is 3.34. The maximum atomic E-state index is 14.0. The molecule has 2 aromatic heterocycles. The fourth-order valence-electron chi connectivity index (χ4n) is 4.12. The third-order valence-electron chi connectivity index (χ3n) is 5.44. The minimum absolute atomic E-state index is 0.0943. The van der Waals surface area contributed by atoms with E-state index in [-0.39, 0.29) is 17.0 Å². The predicted molar refractivity (Wildman–Crippen MR) is 112 cm³/mol. The molecule has 154 valence electrons. The van der Waals surface area contributed by atoms with Gasteiger partial charge in [0.1, 0.15) is 17.6 Å². The van der Waals surface area contributed by atoms with Crippen LogP contribution < -0.4 is 5.32 Å². The molecule has 0 radical (unpaired) electrons. The van der Waals surface area contributed by atoms with Gasteiger partial charge in [-0.2, -0.15) is 4.98 Å². The number of halogens is 1. The largest absolute Gasteiger partial charge is 0.467 e. The number of hydrogen-bond acceptors (Lipinski definition) is 6. The van der Waals surface area contributed by atoms with Crippen molar-refractivity contribution in [3.05, 3.63) is 71.1 Å². The molecule has 5 rings (SSSR count). The third-order valence-corrected chi connectivity index (χ3v) is 6.33. The number of carbonyl (C=O) groups excluding carboxylic acids is 1. The summed E-state index contributed by atoms with van der Waals surface area (Å²) in [6, 6.07) is 9.88. The molecule has 0 amide bonds. The van der Waals surface area contributed by atoms with Crippen molar-refractivity contribution in [2.45, 2.75) is 43.6 Å². The third kappa shape index (κ3) is 3.35. The van der Waals surface area contributed by atoms with Gasteiger partial charge < -0.3 is 9.73 Å². The van der Waals surface area contributed by atoms with E-state index in [9.17, 15) is 9.18 Å². The molecule has 8 heteroatoms. The molecule has 3 aromatic rings. The predicted octanol–water partition coefficient (Wildman–Crippen LogP) is 4.96. The van der Waals surface area contributed by atoms with Gasteiger partial charge in [-0.15, -0.1) is 5.10 Å². The molecule has 1 aliphatic heterocycles. The lowest BCUT2D eigenvalue weighted by molar-refractivity contribution is -0.118.